The maximum Gasteiger partial charge on any atom is 0.508 e. The highest BCUT2D eigenvalue weighted by molar-refractivity contribution is 5.84. The molecule has 0 bridgehead atoms. The summed E-state index contributed by atoms with van der Waals surface area (Å²) in [6.07, 6.45) is 6.26. The van der Waals surface area contributed by atoms with Crippen LogP contribution in [0.3, 0.4) is 0 Å². The maximum atomic E-state index is 11.8. The Bertz CT molecular complexity index is 2700. The molecule has 0 heterocycles. The van der Waals surface area contributed by atoms with Gasteiger partial charge in [-0.15, -0.1) is 0 Å². The van der Waals surface area contributed by atoms with Crippen LogP contribution in [0.4, 0.5) is 4.79 Å². The normalized spacial score (nSPS) is 13.9. The highest BCUT2D eigenvalue weighted by Crippen LogP contribution is 2.41. The summed E-state index contributed by atoms with van der Waals surface area (Å²) in [6.45, 7) is 67.1. The molecule has 0 amide bonds. The summed E-state index contributed by atoms with van der Waals surface area (Å²) < 4.78 is 66.3. The highest BCUT2D eigenvalue weighted by Gasteiger charge is 2.42. The van der Waals surface area contributed by atoms with Gasteiger partial charge in [0, 0.05) is 11.8 Å². The molecule has 25 nitrogen and oxygen atoms in total. The first-order valence-electron chi connectivity index (χ1n) is 37.7. The fourth-order valence-electron chi connectivity index (χ4n) is 6.43. The molecule has 106 heavy (non-hydrogen) atoms. The summed E-state index contributed by atoms with van der Waals surface area (Å²) in [5, 5.41) is 0. The van der Waals surface area contributed by atoms with Crippen LogP contribution in [-0.4, -0.2) is 150 Å². The van der Waals surface area contributed by atoms with Crippen LogP contribution >= 0.6 is 0 Å². The van der Waals surface area contributed by atoms with Crippen molar-refractivity contribution in [2.45, 2.75) is 372 Å². The molecule has 0 aliphatic heterocycles. The lowest BCUT2D eigenvalue weighted by atomic mass is 9.79. The van der Waals surface area contributed by atoms with Crippen molar-refractivity contribution in [3.05, 3.63) is 0 Å². The standard InChI is InChI=1S/C14H26O5.C14H24O4.C14H26O4.3C13H24O4/c1-7-13(3,4)11(15)17-9-10-18-12(16)19-14(5,6)8-2;1-6-13(2,3)12(16)17-9-11(15)18-14(4,5)10-7-8-10;1-8-10(2)12(16)17-9-11(15)18-14(6,7)13(3,4)5;1-8-13(6,7)11(15)16-9(2)10(14)17-12(3,4)5;1-8-9(2)10(14)16-13(6,7)11(15)17-12(3,4)5;1-6-10(2)12(15)16-9-7-8-11(14)17-13(3,4)5/h7-10H2,1-6H3;10H,6-9H2,1-5H3;10H,8-9H2,1-7H3;2*9H,8H2,1-7H3;10H,6-9H2,1-5H3. The van der Waals surface area contributed by atoms with Crippen LogP contribution in [-0.2, 0) is 114 Å². The van der Waals surface area contributed by atoms with Gasteiger partial charge in [-0.05, 0) is 236 Å². The van der Waals surface area contributed by atoms with E-state index in [-0.39, 0.29) is 104 Å². The van der Waals surface area contributed by atoms with Crippen molar-refractivity contribution in [2.75, 3.05) is 33.0 Å². The smallest absolute Gasteiger partial charge is 0.465 e. The van der Waals surface area contributed by atoms with Gasteiger partial charge in [0.1, 0.15) is 46.8 Å². The second-order valence-corrected chi connectivity index (χ2v) is 34.7. The van der Waals surface area contributed by atoms with Crippen LogP contribution in [0.2, 0.25) is 0 Å². The first-order chi connectivity index (χ1) is 47.6. The number of carbonyl (C=O) groups excluding carboxylic acids is 12. The molecule has 1 aliphatic rings. The largest absolute Gasteiger partial charge is 0.508 e. The van der Waals surface area contributed by atoms with E-state index in [0.717, 1.165) is 19.3 Å². The van der Waals surface area contributed by atoms with E-state index in [2.05, 4.69) is 0 Å². The SMILES string of the molecule is CCC(C)(C)C(=O)OC(C)C(=O)OC(C)(C)C.CCC(C)(C)C(=O)OCC(=O)OC(C)(C)C1CC1.CCC(C)(C)OC(=O)OCCOC(=O)C(C)(C)CC.CCC(C)C(=O)OC(C)(C)C(=O)OC(C)(C)C.CCC(C)C(=O)OCC(=O)OC(C)(C)C(C)(C)C.CCC(C)C(=O)OCCCC(=O)OC(C)(C)C. The molecule has 4 atom stereocenters. The Hall–Kier alpha value is -6.56. The van der Waals surface area contributed by atoms with Crippen molar-refractivity contribution in [2.24, 2.45) is 45.3 Å². The maximum absolute atomic E-state index is 11.8. The minimum atomic E-state index is -1.24. The fraction of sp³-hybridized carbons (Fsp3) is 0.852. The fourth-order valence-corrected chi connectivity index (χ4v) is 6.43. The zero-order valence-electron chi connectivity index (χ0n) is 72.9. The molecule has 1 aliphatic carbocycles. The van der Waals surface area contributed by atoms with Crippen molar-refractivity contribution in [3.63, 3.8) is 0 Å². The monoisotopic (exact) mass is 1520 g/mol. The summed E-state index contributed by atoms with van der Waals surface area (Å²) >= 11 is 0. The molecule has 25 heteroatoms. The van der Waals surface area contributed by atoms with Gasteiger partial charge in [0.2, 0.25) is 5.60 Å². The Morgan fingerprint density at radius 1 is 0.349 bits per heavy atom. The van der Waals surface area contributed by atoms with E-state index < -0.39 is 91.6 Å². The summed E-state index contributed by atoms with van der Waals surface area (Å²) in [6, 6.07) is 0. The van der Waals surface area contributed by atoms with E-state index in [4.69, 9.17) is 61.6 Å². The predicted octanol–water partition coefficient (Wildman–Crippen LogP) is 17.0. The molecule has 0 aromatic carbocycles. The number of rotatable bonds is 32. The van der Waals surface area contributed by atoms with Crippen molar-refractivity contribution in [1.29, 1.82) is 0 Å². The van der Waals surface area contributed by atoms with E-state index in [1.165, 1.54) is 6.92 Å². The predicted molar refractivity (Wildman–Crippen MR) is 406 cm³/mol. The quantitative estimate of drug-likeness (QED) is 0.0343. The lowest BCUT2D eigenvalue weighted by molar-refractivity contribution is -0.188. The molecule has 0 aromatic heterocycles. The van der Waals surface area contributed by atoms with Crippen molar-refractivity contribution in [3.8, 4) is 0 Å². The number of esters is 11. The summed E-state index contributed by atoms with van der Waals surface area (Å²) in [5.74, 6) is -4.24. The highest BCUT2D eigenvalue weighted by atomic mass is 16.7. The Labute approximate surface area is 638 Å². The van der Waals surface area contributed by atoms with Gasteiger partial charge in [-0.1, -0.05) is 90.0 Å². The molecule has 0 aromatic rings. The molecule has 1 rings (SSSR count). The molecule has 0 spiro atoms. The minimum Gasteiger partial charge on any atom is -0.465 e. The molecular formula is C81H148O25. The van der Waals surface area contributed by atoms with Crippen LogP contribution in [0.5, 0.6) is 0 Å². The molecule has 4 unspecified atom stereocenters. The van der Waals surface area contributed by atoms with Gasteiger partial charge in [-0.2, -0.15) is 0 Å². The van der Waals surface area contributed by atoms with E-state index in [1.54, 1.807) is 111 Å². The lowest BCUT2D eigenvalue weighted by Crippen LogP contribution is -2.43. The van der Waals surface area contributed by atoms with Crippen LogP contribution in [0, 0.1) is 45.3 Å². The number of hydrogen-bond acceptors (Lipinski definition) is 25. The third kappa shape index (κ3) is 51.7. The molecule has 622 valence electrons. The third-order valence-corrected chi connectivity index (χ3v) is 17.3. The minimum absolute atomic E-state index is 0.00413. The zero-order valence-corrected chi connectivity index (χ0v) is 72.9. The van der Waals surface area contributed by atoms with Gasteiger partial charge in [0.05, 0.1) is 40.6 Å². The van der Waals surface area contributed by atoms with Gasteiger partial charge >= 0.3 is 71.8 Å². The van der Waals surface area contributed by atoms with Gasteiger partial charge in [-0.25, -0.2) is 24.0 Å². The van der Waals surface area contributed by atoms with Crippen LogP contribution < -0.4 is 0 Å². The van der Waals surface area contributed by atoms with E-state index >= 15 is 0 Å². The Balaban J connectivity index is -0.000000385. The Morgan fingerprint density at radius 2 is 0.736 bits per heavy atom. The van der Waals surface area contributed by atoms with E-state index in [9.17, 15) is 57.5 Å². The number of hydrogen-bond donors (Lipinski definition) is 0. The van der Waals surface area contributed by atoms with Gasteiger partial charge in [0.15, 0.2) is 19.3 Å². The van der Waals surface area contributed by atoms with Gasteiger partial charge < -0.3 is 61.6 Å². The average molecular weight is 1520 g/mol. The van der Waals surface area contributed by atoms with E-state index in [1.807, 2.05) is 138 Å². The topological polar surface area (TPSA) is 325 Å². The second kappa shape index (κ2) is 48.1. The second-order valence-electron chi connectivity index (χ2n) is 34.7. The zero-order chi connectivity index (χ0) is 84.8. The molecule has 0 N–H and O–H groups in total. The third-order valence-electron chi connectivity index (χ3n) is 17.3. The van der Waals surface area contributed by atoms with Crippen molar-refractivity contribution < 1.29 is 119 Å². The number of ether oxygens (including phenoxy) is 13. The van der Waals surface area contributed by atoms with Gasteiger partial charge in [-0.3, -0.25) is 33.6 Å². The molecule has 0 radical (unpaired) electrons. The van der Waals surface area contributed by atoms with Crippen LogP contribution in [0.15, 0.2) is 0 Å². The summed E-state index contributed by atoms with van der Waals surface area (Å²) in [4.78, 5) is 139. The van der Waals surface area contributed by atoms with Crippen molar-refractivity contribution in [1.82, 2.24) is 0 Å². The average Bonchev–Trinajstić information content (AvgIpc) is 1.09. The Kier molecular flexibility index (Phi) is 49.0. The molecule has 0 saturated heterocycles. The van der Waals surface area contributed by atoms with E-state index in [0.29, 0.717) is 50.9 Å². The molecule has 1 fully saturated rings. The van der Waals surface area contributed by atoms with Crippen LogP contribution in [0.25, 0.3) is 0 Å². The summed E-state index contributed by atoms with van der Waals surface area (Å²) in [7, 11) is 0. The van der Waals surface area contributed by atoms with Crippen molar-refractivity contribution >= 4 is 71.8 Å². The van der Waals surface area contributed by atoms with Gasteiger partial charge in [0.25, 0.3) is 0 Å². The molecule has 1 saturated carbocycles. The first kappa shape index (κ1) is 108. The lowest BCUT2D eigenvalue weighted by Gasteiger charge is -2.37. The molecular weight excluding hydrogens is 1370 g/mol. The Morgan fingerprint density at radius 3 is 1.13 bits per heavy atom. The van der Waals surface area contributed by atoms with Crippen LogP contribution in [0.1, 0.15) is 327 Å². The number of carbonyl (C=O) groups is 12. The summed E-state index contributed by atoms with van der Waals surface area (Å²) in [5.41, 5.74) is -6.25. The first-order valence-corrected chi connectivity index (χ1v) is 37.7.